The third kappa shape index (κ3) is 2.68. The molecule has 0 spiro atoms. The van der Waals surface area contributed by atoms with E-state index in [1.807, 2.05) is 12.4 Å². The van der Waals surface area contributed by atoms with Crippen molar-refractivity contribution in [1.82, 2.24) is 4.98 Å². The standard InChI is InChI=1S/C18H19NO2/c1-2-12-4-3-5-13(8-12)16-10-19-11-17-14(9-18(20)21)6-7-15(16)17/h3-5,8,10-11,14H,2,6-7,9H2,1H3,(H,20,21). The van der Waals surface area contributed by atoms with E-state index in [4.69, 9.17) is 5.11 Å². The van der Waals surface area contributed by atoms with E-state index in [-0.39, 0.29) is 12.3 Å². The summed E-state index contributed by atoms with van der Waals surface area (Å²) in [6.45, 7) is 2.15. The maximum absolute atomic E-state index is 11.0. The van der Waals surface area contributed by atoms with Gasteiger partial charge in [0.15, 0.2) is 0 Å². The van der Waals surface area contributed by atoms with Crippen molar-refractivity contribution in [3.63, 3.8) is 0 Å². The molecule has 1 atom stereocenters. The van der Waals surface area contributed by atoms with E-state index in [0.29, 0.717) is 0 Å². The topological polar surface area (TPSA) is 50.2 Å². The molecule has 108 valence electrons. The summed E-state index contributed by atoms with van der Waals surface area (Å²) in [5.74, 6) is -0.620. The van der Waals surface area contributed by atoms with Crippen molar-refractivity contribution in [1.29, 1.82) is 0 Å². The molecule has 0 saturated heterocycles. The van der Waals surface area contributed by atoms with Crippen LogP contribution in [0.1, 0.15) is 42.4 Å². The molecule has 2 aromatic rings. The van der Waals surface area contributed by atoms with Gasteiger partial charge in [-0.3, -0.25) is 9.78 Å². The van der Waals surface area contributed by atoms with Crippen molar-refractivity contribution in [3.8, 4) is 11.1 Å². The first-order chi connectivity index (χ1) is 10.2. The van der Waals surface area contributed by atoms with Gasteiger partial charge in [0.05, 0.1) is 6.42 Å². The first kappa shape index (κ1) is 13.8. The second-order valence-corrected chi connectivity index (χ2v) is 5.64. The minimum atomic E-state index is -0.730. The summed E-state index contributed by atoms with van der Waals surface area (Å²) >= 11 is 0. The van der Waals surface area contributed by atoms with Gasteiger partial charge in [0.2, 0.25) is 0 Å². The molecule has 1 aliphatic rings. The highest BCUT2D eigenvalue weighted by Gasteiger charge is 2.27. The molecule has 0 amide bonds. The first-order valence-corrected chi connectivity index (χ1v) is 7.47. The molecule has 1 aromatic heterocycles. The van der Waals surface area contributed by atoms with E-state index >= 15 is 0 Å². The number of aryl methyl sites for hydroxylation is 1. The van der Waals surface area contributed by atoms with Crippen LogP contribution in [0.4, 0.5) is 0 Å². The van der Waals surface area contributed by atoms with Crippen LogP contribution in [0.15, 0.2) is 36.7 Å². The number of hydrogen-bond donors (Lipinski definition) is 1. The van der Waals surface area contributed by atoms with E-state index in [9.17, 15) is 4.79 Å². The molecule has 1 heterocycles. The van der Waals surface area contributed by atoms with Crippen molar-refractivity contribution in [3.05, 3.63) is 53.3 Å². The molecular formula is C18H19NO2. The van der Waals surface area contributed by atoms with Crippen molar-refractivity contribution in [2.75, 3.05) is 0 Å². The number of aliphatic carboxylic acids is 1. The summed E-state index contributed by atoms with van der Waals surface area (Å²) in [6.07, 6.45) is 6.83. The zero-order valence-electron chi connectivity index (χ0n) is 12.2. The van der Waals surface area contributed by atoms with E-state index in [1.165, 1.54) is 16.7 Å². The Morgan fingerprint density at radius 1 is 1.38 bits per heavy atom. The van der Waals surface area contributed by atoms with Crippen LogP contribution in [0.3, 0.4) is 0 Å². The maximum Gasteiger partial charge on any atom is 0.303 e. The first-order valence-electron chi connectivity index (χ1n) is 7.47. The largest absolute Gasteiger partial charge is 0.481 e. The third-order valence-electron chi connectivity index (χ3n) is 4.34. The van der Waals surface area contributed by atoms with Gasteiger partial charge in [-0.2, -0.15) is 0 Å². The number of nitrogens with zero attached hydrogens (tertiary/aromatic N) is 1. The Morgan fingerprint density at radius 2 is 2.24 bits per heavy atom. The zero-order chi connectivity index (χ0) is 14.8. The van der Waals surface area contributed by atoms with Crippen molar-refractivity contribution in [2.45, 2.75) is 38.5 Å². The molecule has 3 heteroatoms. The highest BCUT2D eigenvalue weighted by Crippen LogP contribution is 2.40. The average molecular weight is 281 g/mol. The molecule has 1 N–H and O–H groups in total. The van der Waals surface area contributed by atoms with Crippen molar-refractivity contribution in [2.24, 2.45) is 0 Å². The Kier molecular flexibility index (Phi) is 3.74. The monoisotopic (exact) mass is 281 g/mol. The quantitative estimate of drug-likeness (QED) is 0.927. The molecule has 0 saturated carbocycles. The van der Waals surface area contributed by atoms with Gasteiger partial charge in [-0.25, -0.2) is 0 Å². The number of carboxylic acid groups (broad SMARTS) is 1. The van der Waals surface area contributed by atoms with Gasteiger partial charge in [0.1, 0.15) is 0 Å². The summed E-state index contributed by atoms with van der Waals surface area (Å²) in [5.41, 5.74) is 6.07. The van der Waals surface area contributed by atoms with Gasteiger partial charge < -0.3 is 5.11 Å². The summed E-state index contributed by atoms with van der Waals surface area (Å²) in [7, 11) is 0. The number of pyridine rings is 1. The maximum atomic E-state index is 11.0. The van der Waals surface area contributed by atoms with Gasteiger partial charge in [0.25, 0.3) is 0 Å². The lowest BCUT2D eigenvalue weighted by Gasteiger charge is -2.11. The second kappa shape index (κ2) is 5.68. The highest BCUT2D eigenvalue weighted by molar-refractivity contribution is 5.72. The Bertz CT molecular complexity index is 679. The average Bonchev–Trinajstić information content (AvgIpc) is 2.90. The number of fused-ring (bicyclic) bond motifs is 1. The number of rotatable bonds is 4. The number of carbonyl (C=O) groups is 1. The molecule has 1 aliphatic carbocycles. The molecule has 3 rings (SSSR count). The fraction of sp³-hybridized carbons (Fsp3) is 0.333. The summed E-state index contributed by atoms with van der Waals surface area (Å²) in [5, 5.41) is 9.03. The molecule has 1 aromatic carbocycles. The fourth-order valence-electron chi connectivity index (χ4n) is 3.24. The molecular weight excluding hydrogens is 262 g/mol. The van der Waals surface area contributed by atoms with E-state index in [2.05, 4.69) is 36.2 Å². The summed E-state index contributed by atoms with van der Waals surface area (Å²) < 4.78 is 0. The molecule has 1 unspecified atom stereocenters. The van der Waals surface area contributed by atoms with Gasteiger partial charge in [-0.05, 0) is 47.4 Å². The lowest BCUT2D eigenvalue weighted by molar-refractivity contribution is -0.137. The number of carboxylic acids is 1. The van der Waals surface area contributed by atoms with Crippen molar-refractivity contribution >= 4 is 5.97 Å². The molecule has 0 bridgehead atoms. The number of hydrogen-bond acceptors (Lipinski definition) is 2. The number of aromatic nitrogens is 1. The van der Waals surface area contributed by atoms with Crippen LogP contribution in [-0.2, 0) is 17.6 Å². The van der Waals surface area contributed by atoms with Crippen LogP contribution in [0.5, 0.6) is 0 Å². The zero-order valence-corrected chi connectivity index (χ0v) is 12.2. The molecule has 0 fully saturated rings. The molecule has 3 nitrogen and oxygen atoms in total. The Hall–Kier alpha value is -2.16. The van der Waals surface area contributed by atoms with Crippen LogP contribution < -0.4 is 0 Å². The minimum Gasteiger partial charge on any atom is -0.481 e. The molecule has 0 aliphatic heterocycles. The Balaban J connectivity index is 2.02. The molecule has 0 radical (unpaired) electrons. The lowest BCUT2D eigenvalue weighted by Crippen LogP contribution is -2.03. The van der Waals surface area contributed by atoms with Crippen LogP contribution >= 0.6 is 0 Å². The van der Waals surface area contributed by atoms with E-state index in [1.54, 1.807) is 0 Å². The van der Waals surface area contributed by atoms with Gasteiger partial charge in [-0.15, -0.1) is 0 Å². The smallest absolute Gasteiger partial charge is 0.303 e. The lowest BCUT2D eigenvalue weighted by atomic mass is 9.95. The van der Waals surface area contributed by atoms with Crippen LogP contribution in [0, 0.1) is 0 Å². The normalized spacial score (nSPS) is 16.7. The Labute approximate surface area is 124 Å². The van der Waals surface area contributed by atoms with Crippen LogP contribution in [0.25, 0.3) is 11.1 Å². The van der Waals surface area contributed by atoms with E-state index < -0.39 is 5.97 Å². The van der Waals surface area contributed by atoms with Crippen LogP contribution in [-0.4, -0.2) is 16.1 Å². The van der Waals surface area contributed by atoms with E-state index in [0.717, 1.165) is 30.4 Å². The van der Waals surface area contributed by atoms with Crippen LogP contribution in [0.2, 0.25) is 0 Å². The molecule has 21 heavy (non-hydrogen) atoms. The van der Waals surface area contributed by atoms with Crippen molar-refractivity contribution < 1.29 is 9.90 Å². The minimum absolute atomic E-state index is 0.110. The van der Waals surface area contributed by atoms with Gasteiger partial charge in [0, 0.05) is 18.0 Å². The predicted octanol–water partition coefficient (Wildman–Crippen LogP) is 3.82. The third-order valence-corrected chi connectivity index (χ3v) is 4.34. The highest BCUT2D eigenvalue weighted by atomic mass is 16.4. The fourth-order valence-corrected chi connectivity index (χ4v) is 3.24. The predicted molar refractivity (Wildman–Crippen MR) is 82.4 cm³/mol. The van der Waals surface area contributed by atoms with Gasteiger partial charge >= 0.3 is 5.97 Å². The second-order valence-electron chi connectivity index (χ2n) is 5.64. The number of benzene rings is 1. The Morgan fingerprint density at radius 3 is 3.00 bits per heavy atom. The summed E-state index contributed by atoms with van der Waals surface area (Å²) in [6, 6.07) is 8.54. The SMILES string of the molecule is CCc1cccc(-c2cncc3c2CCC3CC(=O)O)c1. The summed E-state index contributed by atoms with van der Waals surface area (Å²) in [4.78, 5) is 15.3. The van der Waals surface area contributed by atoms with Gasteiger partial charge in [-0.1, -0.05) is 31.2 Å².